The Labute approximate surface area is 139 Å². The number of sulfonamides is 1. The molecule has 1 aliphatic rings. The Kier molecular flexibility index (Phi) is 6.82. The predicted molar refractivity (Wildman–Crippen MR) is 81.6 cm³/mol. The van der Waals surface area contributed by atoms with E-state index in [9.17, 15) is 17.2 Å². The van der Waals surface area contributed by atoms with E-state index >= 15 is 0 Å². The number of nitrogens with one attached hydrogen (secondary N) is 1. The molecule has 10 heteroatoms. The van der Waals surface area contributed by atoms with Gasteiger partial charge in [-0.05, 0) is 25.1 Å². The number of piperazine rings is 1. The number of hydrogen-bond acceptors (Lipinski definition) is 4. The summed E-state index contributed by atoms with van der Waals surface area (Å²) in [7, 11) is -3.70. The van der Waals surface area contributed by atoms with E-state index < -0.39 is 16.6 Å². The van der Waals surface area contributed by atoms with Crippen molar-refractivity contribution in [3.05, 3.63) is 23.2 Å². The normalized spacial score (nSPS) is 19.8. The number of halogens is 4. The van der Waals surface area contributed by atoms with E-state index in [4.69, 9.17) is 11.6 Å². The first-order chi connectivity index (χ1) is 9.80. The Morgan fingerprint density at radius 1 is 1.45 bits per heavy atom. The maximum absolute atomic E-state index is 12.5. The molecule has 1 N–H and O–H groups in total. The van der Waals surface area contributed by atoms with Crippen LogP contribution in [0.5, 0.6) is 5.75 Å². The molecular weight excluding hydrogens is 361 g/mol. The van der Waals surface area contributed by atoms with Crippen molar-refractivity contribution in [1.82, 2.24) is 9.62 Å². The largest absolute Gasteiger partial charge is 0.433 e. The van der Waals surface area contributed by atoms with Crippen molar-refractivity contribution in [3.8, 4) is 5.75 Å². The number of alkyl halides is 2. The average Bonchev–Trinajstić information content (AvgIpc) is 2.40. The van der Waals surface area contributed by atoms with E-state index in [2.05, 4.69) is 10.1 Å². The van der Waals surface area contributed by atoms with E-state index in [0.29, 0.717) is 19.6 Å². The van der Waals surface area contributed by atoms with Gasteiger partial charge < -0.3 is 10.1 Å². The summed E-state index contributed by atoms with van der Waals surface area (Å²) in [6.45, 7) is 0.114. The summed E-state index contributed by atoms with van der Waals surface area (Å²) in [5.41, 5.74) is 0. The lowest BCUT2D eigenvalue weighted by Gasteiger charge is -2.31. The van der Waals surface area contributed by atoms with E-state index in [1.165, 1.54) is 10.4 Å². The Morgan fingerprint density at radius 3 is 2.68 bits per heavy atom. The second-order valence-electron chi connectivity index (χ2n) is 4.69. The molecule has 0 aliphatic carbocycles. The highest BCUT2D eigenvalue weighted by Crippen LogP contribution is 2.30. The second kappa shape index (κ2) is 7.74. The van der Waals surface area contributed by atoms with Crippen LogP contribution in [-0.4, -0.2) is 45.0 Å². The zero-order valence-corrected chi connectivity index (χ0v) is 14.0. The van der Waals surface area contributed by atoms with Gasteiger partial charge in [-0.1, -0.05) is 11.6 Å². The Morgan fingerprint density at radius 2 is 2.14 bits per heavy atom. The zero-order valence-electron chi connectivity index (χ0n) is 11.6. The van der Waals surface area contributed by atoms with Crippen LogP contribution in [0.15, 0.2) is 23.1 Å². The summed E-state index contributed by atoms with van der Waals surface area (Å²) >= 11 is 5.79. The van der Waals surface area contributed by atoms with Crippen molar-refractivity contribution in [2.24, 2.45) is 0 Å². The van der Waals surface area contributed by atoms with Gasteiger partial charge in [0.1, 0.15) is 5.75 Å². The van der Waals surface area contributed by atoms with Crippen molar-refractivity contribution in [2.75, 3.05) is 19.6 Å². The monoisotopic (exact) mass is 376 g/mol. The third-order valence-corrected chi connectivity index (χ3v) is 5.25. The first-order valence-corrected chi connectivity index (χ1v) is 8.10. The quantitative estimate of drug-likeness (QED) is 0.875. The van der Waals surface area contributed by atoms with Gasteiger partial charge in [-0.3, -0.25) is 0 Å². The minimum atomic E-state index is -3.70. The summed E-state index contributed by atoms with van der Waals surface area (Å²) in [6.07, 6.45) is 0. The molecule has 0 radical (unpaired) electrons. The van der Waals surface area contributed by atoms with Crippen molar-refractivity contribution < 1.29 is 21.9 Å². The lowest BCUT2D eigenvalue weighted by Crippen LogP contribution is -2.51. The van der Waals surface area contributed by atoms with Crippen molar-refractivity contribution in [2.45, 2.75) is 24.5 Å². The number of nitrogens with zero attached hydrogens (tertiary/aromatic N) is 1. The van der Waals surface area contributed by atoms with Crippen LogP contribution in [0.2, 0.25) is 5.02 Å². The lowest BCUT2D eigenvalue weighted by molar-refractivity contribution is -0.0498. The van der Waals surface area contributed by atoms with Gasteiger partial charge in [0.15, 0.2) is 0 Å². The Balaban J connectivity index is 0.00000242. The summed E-state index contributed by atoms with van der Waals surface area (Å²) in [6, 6.07) is 3.52. The molecule has 0 saturated carbocycles. The first kappa shape index (κ1) is 19.4. The molecule has 1 aliphatic heterocycles. The summed E-state index contributed by atoms with van der Waals surface area (Å²) in [5, 5.41) is 2.97. The van der Waals surface area contributed by atoms with Crippen LogP contribution in [0.1, 0.15) is 6.92 Å². The highest BCUT2D eigenvalue weighted by Gasteiger charge is 2.29. The molecule has 1 aromatic rings. The van der Waals surface area contributed by atoms with Gasteiger partial charge in [-0.15, -0.1) is 12.4 Å². The SMILES string of the molecule is C[C@H]1CN(S(=O)(=O)c2ccc(OC(F)F)c(Cl)c2)CCN1.Cl. The van der Waals surface area contributed by atoms with Gasteiger partial charge in [-0.2, -0.15) is 13.1 Å². The molecule has 1 atom stereocenters. The molecule has 0 aromatic heterocycles. The van der Waals surface area contributed by atoms with Crippen LogP contribution < -0.4 is 10.1 Å². The minimum Gasteiger partial charge on any atom is -0.433 e. The number of hydrogen-bond donors (Lipinski definition) is 1. The topological polar surface area (TPSA) is 58.6 Å². The number of benzene rings is 1. The maximum atomic E-state index is 12.5. The van der Waals surface area contributed by atoms with Crippen molar-refractivity contribution in [1.29, 1.82) is 0 Å². The van der Waals surface area contributed by atoms with Gasteiger partial charge in [0.25, 0.3) is 0 Å². The van der Waals surface area contributed by atoms with Crippen LogP contribution in [0.4, 0.5) is 8.78 Å². The molecule has 1 aromatic carbocycles. The van der Waals surface area contributed by atoms with Crippen LogP contribution >= 0.6 is 24.0 Å². The summed E-state index contributed by atoms with van der Waals surface area (Å²) in [4.78, 5) is -0.0387. The van der Waals surface area contributed by atoms with Crippen LogP contribution in [-0.2, 0) is 10.0 Å². The third kappa shape index (κ3) is 4.42. The standard InChI is InChI=1S/C12H15ClF2N2O3S.ClH/c1-8-7-17(5-4-16-8)21(18,19)9-2-3-11(10(13)6-9)20-12(14)15;/h2-3,6,8,12,16H,4-5,7H2,1H3;1H/t8-;/m0./s1. The van der Waals surface area contributed by atoms with Gasteiger partial charge >= 0.3 is 6.61 Å². The smallest absolute Gasteiger partial charge is 0.387 e. The fourth-order valence-corrected chi connectivity index (χ4v) is 3.94. The van der Waals surface area contributed by atoms with Gasteiger partial charge in [-0.25, -0.2) is 8.42 Å². The average molecular weight is 377 g/mol. The predicted octanol–water partition coefficient (Wildman–Crippen LogP) is 2.35. The van der Waals surface area contributed by atoms with Gasteiger partial charge in [0.05, 0.1) is 9.92 Å². The molecule has 22 heavy (non-hydrogen) atoms. The summed E-state index contributed by atoms with van der Waals surface area (Å²) in [5.74, 6) is -0.251. The molecule has 0 spiro atoms. The highest BCUT2D eigenvalue weighted by atomic mass is 35.5. The molecule has 5 nitrogen and oxygen atoms in total. The van der Waals surface area contributed by atoms with Crippen molar-refractivity contribution >= 4 is 34.0 Å². The molecule has 0 amide bonds. The fourth-order valence-electron chi connectivity index (χ4n) is 2.10. The molecule has 0 bridgehead atoms. The summed E-state index contributed by atoms with van der Waals surface area (Å²) < 4.78 is 54.8. The van der Waals surface area contributed by atoms with Crippen molar-refractivity contribution in [3.63, 3.8) is 0 Å². The van der Waals surface area contributed by atoms with E-state index in [1.54, 1.807) is 0 Å². The molecule has 0 unspecified atom stereocenters. The maximum Gasteiger partial charge on any atom is 0.387 e. The first-order valence-electron chi connectivity index (χ1n) is 6.28. The van der Waals surface area contributed by atoms with Crippen LogP contribution in [0.3, 0.4) is 0 Å². The van der Waals surface area contributed by atoms with Crippen LogP contribution in [0, 0.1) is 0 Å². The molecule has 126 valence electrons. The molecule has 1 heterocycles. The lowest BCUT2D eigenvalue weighted by atomic mass is 10.3. The second-order valence-corrected chi connectivity index (χ2v) is 7.03. The zero-order chi connectivity index (χ0) is 15.6. The number of rotatable bonds is 4. The van der Waals surface area contributed by atoms with Gasteiger partial charge in [0.2, 0.25) is 10.0 Å². The van der Waals surface area contributed by atoms with Crippen LogP contribution in [0.25, 0.3) is 0 Å². The Hall–Kier alpha value is -0.670. The number of ether oxygens (including phenoxy) is 1. The minimum absolute atomic E-state index is 0. The highest BCUT2D eigenvalue weighted by molar-refractivity contribution is 7.89. The van der Waals surface area contributed by atoms with E-state index in [-0.39, 0.29) is 34.1 Å². The molecule has 1 saturated heterocycles. The molecular formula is C12H16Cl2F2N2O3S. The van der Waals surface area contributed by atoms with E-state index in [1.807, 2.05) is 6.92 Å². The van der Waals surface area contributed by atoms with Gasteiger partial charge in [0, 0.05) is 25.7 Å². The fraction of sp³-hybridized carbons (Fsp3) is 0.500. The van der Waals surface area contributed by atoms with E-state index in [0.717, 1.165) is 12.1 Å². The third-order valence-electron chi connectivity index (χ3n) is 3.09. The Bertz CT molecular complexity index is 616. The molecule has 1 fully saturated rings. The molecule has 2 rings (SSSR count).